The first kappa shape index (κ1) is 14.0. The van der Waals surface area contributed by atoms with Gasteiger partial charge in [0.25, 0.3) is 0 Å². The molecule has 1 aromatic carbocycles. The molecule has 0 bridgehead atoms. The van der Waals surface area contributed by atoms with Crippen LogP contribution in [0.25, 0.3) is 11.3 Å². The van der Waals surface area contributed by atoms with Crippen LogP contribution >= 0.6 is 0 Å². The molecule has 22 heavy (non-hydrogen) atoms. The summed E-state index contributed by atoms with van der Waals surface area (Å²) in [6.45, 7) is 0.244. The van der Waals surface area contributed by atoms with Crippen molar-refractivity contribution in [2.45, 2.75) is 0 Å². The average molecular weight is 298 g/mol. The predicted molar refractivity (Wildman–Crippen MR) is 80.7 cm³/mol. The third-order valence-corrected chi connectivity index (χ3v) is 3.42. The van der Waals surface area contributed by atoms with Gasteiger partial charge in [-0.1, -0.05) is 12.1 Å². The number of benzene rings is 1. The summed E-state index contributed by atoms with van der Waals surface area (Å²) < 4.78 is 4.68. The highest BCUT2D eigenvalue weighted by Crippen LogP contribution is 2.35. The molecule has 0 aliphatic carbocycles. The number of rotatable bonds is 2. The van der Waals surface area contributed by atoms with Crippen molar-refractivity contribution in [1.29, 1.82) is 0 Å². The van der Waals surface area contributed by atoms with Gasteiger partial charge in [0.1, 0.15) is 12.0 Å². The number of anilines is 2. The lowest BCUT2D eigenvalue weighted by Crippen LogP contribution is -2.36. The fourth-order valence-electron chi connectivity index (χ4n) is 2.39. The summed E-state index contributed by atoms with van der Waals surface area (Å²) in [6, 6.07) is 6.94. The Morgan fingerprint density at radius 2 is 2.00 bits per heavy atom. The van der Waals surface area contributed by atoms with Gasteiger partial charge in [-0.15, -0.1) is 0 Å². The first-order chi connectivity index (χ1) is 10.6. The van der Waals surface area contributed by atoms with Crippen molar-refractivity contribution < 1.29 is 14.3 Å². The van der Waals surface area contributed by atoms with E-state index in [0.29, 0.717) is 17.1 Å². The van der Waals surface area contributed by atoms with Gasteiger partial charge < -0.3 is 15.0 Å². The Bertz CT molecular complexity index is 743. The Morgan fingerprint density at radius 1 is 1.27 bits per heavy atom. The molecule has 1 N–H and O–H groups in total. The smallest absolute Gasteiger partial charge is 0.337 e. The molecule has 0 radical (unpaired) electrons. The molecule has 1 aliphatic heterocycles. The molecule has 7 nitrogen and oxygen atoms in total. The topological polar surface area (TPSA) is 84.4 Å². The molecule has 0 atom stereocenters. The molecular formula is C15H14N4O3. The van der Waals surface area contributed by atoms with Crippen LogP contribution in [0.5, 0.6) is 0 Å². The van der Waals surface area contributed by atoms with Crippen molar-refractivity contribution in [3.8, 4) is 11.3 Å². The number of methoxy groups -OCH3 is 1. The van der Waals surface area contributed by atoms with E-state index in [1.54, 1.807) is 29.2 Å². The van der Waals surface area contributed by atoms with E-state index >= 15 is 0 Å². The fraction of sp³-hybridized carbons (Fsp3) is 0.200. The van der Waals surface area contributed by atoms with Crippen LogP contribution in [0.2, 0.25) is 0 Å². The van der Waals surface area contributed by atoms with E-state index in [1.165, 1.54) is 13.4 Å². The third kappa shape index (κ3) is 2.37. The normalized spacial score (nSPS) is 13.4. The van der Waals surface area contributed by atoms with Crippen LogP contribution in [0, 0.1) is 0 Å². The van der Waals surface area contributed by atoms with Crippen LogP contribution in [-0.4, -0.2) is 42.5 Å². The maximum absolute atomic E-state index is 11.6. The number of aromatic nitrogens is 2. The molecule has 7 heteroatoms. The first-order valence-electron chi connectivity index (χ1n) is 6.65. The quantitative estimate of drug-likeness (QED) is 0.842. The molecule has 3 rings (SSSR count). The van der Waals surface area contributed by atoms with Crippen LogP contribution in [0.1, 0.15) is 10.4 Å². The second-order valence-corrected chi connectivity index (χ2v) is 4.89. The van der Waals surface area contributed by atoms with Crippen LogP contribution in [0.4, 0.5) is 11.5 Å². The molecule has 1 amide bonds. The summed E-state index contributed by atoms with van der Waals surface area (Å²) in [5.74, 6) is -0.0119. The second-order valence-electron chi connectivity index (χ2n) is 4.89. The van der Waals surface area contributed by atoms with Crippen LogP contribution in [0.15, 0.2) is 30.6 Å². The lowest BCUT2D eigenvalue weighted by atomic mass is 10.1. The molecule has 2 heterocycles. The summed E-state index contributed by atoms with van der Waals surface area (Å²) in [5.41, 5.74) is 2.75. The zero-order chi connectivity index (χ0) is 15.7. The van der Waals surface area contributed by atoms with E-state index in [0.717, 1.165) is 11.3 Å². The zero-order valence-corrected chi connectivity index (χ0v) is 12.2. The summed E-state index contributed by atoms with van der Waals surface area (Å²) >= 11 is 0. The molecule has 1 aliphatic rings. The van der Waals surface area contributed by atoms with Gasteiger partial charge in [-0.3, -0.25) is 4.79 Å². The largest absolute Gasteiger partial charge is 0.465 e. The number of nitrogens with one attached hydrogen (secondary N) is 1. The number of amides is 1. The van der Waals surface area contributed by atoms with Gasteiger partial charge in [-0.05, 0) is 12.1 Å². The molecular weight excluding hydrogens is 284 g/mol. The van der Waals surface area contributed by atoms with E-state index in [-0.39, 0.29) is 18.4 Å². The Hall–Kier alpha value is -2.96. The van der Waals surface area contributed by atoms with Crippen molar-refractivity contribution in [3.63, 3.8) is 0 Å². The highest BCUT2D eigenvalue weighted by atomic mass is 16.5. The standard InChI is InChI=1S/C15H14N4O3/c1-19-7-11(20)18-14-13(19)12(16-8-17-14)9-3-5-10(6-4-9)15(21)22-2/h3-6,8H,7H2,1-2H3,(H,16,17,18,20). The molecule has 0 unspecified atom stereocenters. The molecule has 0 fully saturated rings. The molecule has 2 aromatic rings. The zero-order valence-electron chi connectivity index (χ0n) is 12.2. The average Bonchev–Trinajstić information content (AvgIpc) is 2.53. The van der Waals surface area contributed by atoms with E-state index < -0.39 is 0 Å². The minimum atomic E-state index is -0.388. The fourth-order valence-corrected chi connectivity index (χ4v) is 2.39. The lowest BCUT2D eigenvalue weighted by Gasteiger charge is -2.27. The van der Waals surface area contributed by atoms with Gasteiger partial charge in [-0.25, -0.2) is 14.8 Å². The Morgan fingerprint density at radius 3 is 2.68 bits per heavy atom. The Balaban J connectivity index is 2.04. The SMILES string of the molecule is COC(=O)c1ccc(-c2ncnc3c2N(C)CC(=O)N3)cc1. The summed E-state index contributed by atoms with van der Waals surface area (Å²) in [6.07, 6.45) is 1.40. The minimum absolute atomic E-state index is 0.110. The number of fused-ring (bicyclic) bond motifs is 1. The predicted octanol–water partition coefficient (Wildman–Crippen LogP) is 1.32. The van der Waals surface area contributed by atoms with Crippen molar-refractivity contribution in [3.05, 3.63) is 36.2 Å². The van der Waals surface area contributed by atoms with Gasteiger partial charge in [0.15, 0.2) is 5.82 Å². The molecule has 0 saturated carbocycles. The van der Waals surface area contributed by atoms with Gasteiger partial charge in [0.2, 0.25) is 5.91 Å². The maximum atomic E-state index is 11.6. The number of hydrogen-bond acceptors (Lipinski definition) is 6. The van der Waals surface area contributed by atoms with Gasteiger partial charge in [0.05, 0.1) is 24.9 Å². The van der Waals surface area contributed by atoms with Crippen molar-refractivity contribution >= 4 is 23.4 Å². The number of nitrogens with zero attached hydrogens (tertiary/aromatic N) is 3. The number of carbonyl (C=O) groups excluding carboxylic acids is 2. The van der Waals surface area contributed by atoms with Gasteiger partial charge in [-0.2, -0.15) is 0 Å². The van der Waals surface area contributed by atoms with E-state index in [1.807, 2.05) is 7.05 Å². The summed E-state index contributed by atoms with van der Waals surface area (Å²) in [7, 11) is 3.15. The van der Waals surface area contributed by atoms with E-state index in [2.05, 4.69) is 20.0 Å². The maximum Gasteiger partial charge on any atom is 0.337 e. The van der Waals surface area contributed by atoms with Crippen molar-refractivity contribution in [2.75, 3.05) is 30.9 Å². The minimum Gasteiger partial charge on any atom is -0.465 e. The lowest BCUT2D eigenvalue weighted by molar-refractivity contribution is -0.115. The first-order valence-corrected chi connectivity index (χ1v) is 6.65. The number of esters is 1. The summed E-state index contributed by atoms with van der Waals surface area (Å²) in [5, 5.41) is 2.73. The number of ether oxygens (including phenoxy) is 1. The third-order valence-electron chi connectivity index (χ3n) is 3.42. The van der Waals surface area contributed by atoms with Crippen molar-refractivity contribution in [1.82, 2.24) is 9.97 Å². The Kier molecular flexibility index (Phi) is 3.46. The summed E-state index contributed by atoms with van der Waals surface area (Å²) in [4.78, 5) is 33.3. The number of likely N-dealkylation sites (N-methyl/N-ethyl adjacent to an activating group) is 1. The highest BCUT2D eigenvalue weighted by Gasteiger charge is 2.24. The van der Waals surface area contributed by atoms with E-state index in [4.69, 9.17) is 0 Å². The van der Waals surface area contributed by atoms with Crippen LogP contribution in [0.3, 0.4) is 0 Å². The second kappa shape index (κ2) is 5.44. The van der Waals surface area contributed by atoms with Gasteiger partial charge in [0, 0.05) is 12.6 Å². The van der Waals surface area contributed by atoms with Crippen LogP contribution < -0.4 is 10.2 Å². The monoisotopic (exact) mass is 298 g/mol. The van der Waals surface area contributed by atoms with Crippen molar-refractivity contribution in [2.24, 2.45) is 0 Å². The number of carbonyl (C=O) groups is 2. The van der Waals surface area contributed by atoms with E-state index in [9.17, 15) is 9.59 Å². The van der Waals surface area contributed by atoms with Crippen LogP contribution in [-0.2, 0) is 9.53 Å². The molecule has 0 saturated heterocycles. The molecule has 112 valence electrons. The van der Waals surface area contributed by atoms with Gasteiger partial charge >= 0.3 is 5.97 Å². The Labute approximate surface area is 126 Å². The number of hydrogen-bond donors (Lipinski definition) is 1. The molecule has 1 aromatic heterocycles. The highest BCUT2D eigenvalue weighted by molar-refractivity contribution is 6.02. The molecule has 0 spiro atoms.